The van der Waals surface area contributed by atoms with E-state index in [1.54, 1.807) is 0 Å². The molecule has 0 aliphatic carbocycles. The van der Waals surface area contributed by atoms with Crippen molar-refractivity contribution < 1.29 is 9.53 Å². The van der Waals surface area contributed by atoms with E-state index < -0.39 is 0 Å². The number of nitrogens with zero attached hydrogens (tertiary/aromatic N) is 1. The van der Waals surface area contributed by atoms with Crippen molar-refractivity contribution in [3.63, 3.8) is 0 Å². The van der Waals surface area contributed by atoms with Crippen molar-refractivity contribution in [1.29, 1.82) is 0 Å². The fraction of sp³-hybridized carbons (Fsp3) is 0.917. The monoisotopic (exact) mass is 228 g/mol. The second kappa shape index (κ2) is 7.63. The van der Waals surface area contributed by atoms with Crippen molar-refractivity contribution in [1.82, 2.24) is 10.2 Å². The van der Waals surface area contributed by atoms with E-state index in [9.17, 15) is 4.79 Å². The number of rotatable bonds is 7. The van der Waals surface area contributed by atoms with Gasteiger partial charge >= 0.3 is 0 Å². The van der Waals surface area contributed by atoms with Crippen molar-refractivity contribution in [2.45, 2.75) is 45.2 Å². The second-order valence-corrected chi connectivity index (χ2v) is 4.70. The van der Waals surface area contributed by atoms with Gasteiger partial charge in [0.1, 0.15) is 6.61 Å². The Labute approximate surface area is 98.3 Å². The van der Waals surface area contributed by atoms with E-state index in [4.69, 9.17) is 4.74 Å². The van der Waals surface area contributed by atoms with Gasteiger partial charge in [-0.1, -0.05) is 6.42 Å². The Morgan fingerprint density at radius 1 is 1.50 bits per heavy atom. The number of hydrogen-bond donors (Lipinski definition) is 1. The Kier molecular flexibility index (Phi) is 6.42. The molecule has 1 aliphatic rings. The lowest BCUT2D eigenvalue weighted by atomic mass is 10.0. The molecule has 0 amide bonds. The zero-order valence-electron chi connectivity index (χ0n) is 10.4. The van der Waals surface area contributed by atoms with Gasteiger partial charge in [-0.3, -0.25) is 9.69 Å². The maximum atomic E-state index is 10.1. The van der Waals surface area contributed by atoms with E-state index in [1.807, 2.05) is 0 Å². The highest BCUT2D eigenvalue weighted by molar-refractivity contribution is 5.36. The molecule has 1 saturated heterocycles. The fourth-order valence-electron chi connectivity index (χ4n) is 2.14. The van der Waals surface area contributed by atoms with Crippen molar-refractivity contribution in [3.8, 4) is 0 Å². The molecule has 94 valence electrons. The molecular formula is C12H24N2O2. The summed E-state index contributed by atoms with van der Waals surface area (Å²) < 4.78 is 4.76. The summed E-state index contributed by atoms with van der Waals surface area (Å²) in [6.45, 7) is 8.41. The first-order valence-electron chi connectivity index (χ1n) is 6.26. The Morgan fingerprint density at radius 2 is 2.31 bits per heavy atom. The van der Waals surface area contributed by atoms with Crippen LogP contribution in [0.3, 0.4) is 0 Å². The number of ether oxygens (including phenoxy) is 1. The number of piperidine rings is 1. The molecule has 4 heteroatoms. The summed E-state index contributed by atoms with van der Waals surface area (Å²) in [6, 6.07) is 1.10. The molecule has 0 aromatic carbocycles. The Hall–Kier alpha value is -0.610. The molecule has 1 rings (SSSR count). The molecule has 0 saturated carbocycles. The van der Waals surface area contributed by atoms with E-state index in [0.717, 1.165) is 19.6 Å². The molecule has 1 unspecified atom stereocenters. The minimum absolute atomic E-state index is 0.494. The summed E-state index contributed by atoms with van der Waals surface area (Å²) in [5, 5.41) is 3.54. The average molecular weight is 228 g/mol. The maximum Gasteiger partial charge on any atom is 0.293 e. The predicted molar refractivity (Wildman–Crippen MR) is 64.4 cm³/mol. The van der Waals surface area contributed by atoms with E-state index in [0.29, 0.717) is 25.2 Å². The molecule has 0 radical (unpaired) electrons. The van der Waals surface area contributed by atoms with Crippen LogP contribution in [-0.2, 0) is 9.53 Å². The van der Waals surface area contributed by atoms with Crippen LogP contribution in [0.5, 0.6) is 0 Å². The van der Waals surface area contributed by atoms with Gasteiger partial charge in [-0.15, -0.1) is 0 Å². The van der Waals surface area contributed by atoms with Crippen molar-refractivity contribution in [3.05, 3.63) is 0 Å². The molecule has 0 aromatic heterocycles. The Balaban J connectivity index is 2.28. The van der Waals surface area contributed by atoms with Crippen LogP contribution >= 0.6 is 0 Å². The summed E-state index contributed by atoms with van der Waals surface area (Å²) in [5.74, 6) is 0. The summed E-state index contributed by atoms with van der Waals surface area (Å²) in [6.07, 6.45) is 3.89. The van der Waals surface area contributed by atoms with E-state index in [1.165, 1.54) is 19.3 Å². The first-order valence-corrected chi connectivity index (χ1v) is 6.26. The topological polar surface area (TPSA) is 41.6 Å². The minimum atomic E-state index is 0.494. The second-order valence-electron chi connectivity index (χ2n) is 4.70. The van der Waals surface area contributed by atoms with Gasteiger partial charge in [-0.25, -0.2) is 0 Å². The van der Waals surface area contributed by atoms with Crippen LogP contribution in [0.1, 0.15) is 33.1 Å². The molecule has 0 spiro atoms. The quantitative estimate of drug-likeness (QED) is 0.521. The Bertz CT molecular complexity index is 191. The van der Waals surface area contributed by atoms with Gasteiger partial charge in [0.05, 0.1) is 0 Å². The van der Waals surface area contributed by atoms with Crippen molar-refractivity contribution in [2.24, 2.45) is 0 Å². The number of hydrogen-bond acceptors (Lipinski definition) is 4. The molecule has 0 aromatic rings. The molecule has 1 atom stereocenters. The molecule has 1 fully saturated rings. The maximum absolute atomic E-state index is 10.1. The zero-order valence-corrected chi connectivity index (χ0v) is 10.4. The van der Waals surface area contributed by atoms with E-state index >= 15 is 0 Å². The summed E-state index contributed by atoms with van der Waals surface area (Å²) in [7, 11) is 0. The third kappa shape index (κ3) is 4.94. The summed E-state index contributed by atoms with van der Waals surface area (Å²) in [5.41, 5.74) is 0. The molecule has 1 N–H and O–H groups in total. The lowest BCUT2D eigenvalue weighted by Crippen LogP contribution is -2.46. The first-order chi connectivity index (χ1) is 7.74. The van der Waals surface area contributed by atoms with E-state index in [2.05, 4.69) is 24.1 Å². The van der Waals surface area contributed by atoms with Crippen LogP contribution in [0.4, 0.5) is 0 Å². The highest BCUT2D eigenvalue weighted by Crippen LogP contribution is 2.10. The normalized spacial score (nSPS) is 21.4. The first kappa shape index (κ1) is 13.5. The van der Waals surface area contributed by atoms with Crippen LogP contribution in [0.25, 0.3) is 0 Å². The van der Waals surface area contributed by atoms with Gasteiger partial charge in [0.15, 0.2) is 0 Å². The third-order valence-electron chi connectivity index (χ3n) is 3.16. The standard InChI is InChI=1S/C12H24N2O2/c1-11(2)14(7-8-16-10-15)9-12-5-3-4-6-13-12/h10-13H,3-9H2,1-2H3. The van der Waals surface area contributed by atoms with E-state index in [-0.39, 0.29) is 0 Å². The van der Waals surface area contributed by atoms with Gasteiger partial charge < -0.3 is 10.1 Å². The lowest BCUT2D eigenvalue weighted by Gasteiger charge is -2.32. The smallest absolute Gasteiger partial charge is 0.293 e. The number of carbonyl (C=O) groups is 1. The average Bonchev–Trinajstić information content (AvgIpc) is 2.29. The van der Waals surface area contributed by atoms with Crippen molar-refractivity contribution in [2.75, 3.05) is 26.2 Å². The highest BCUT2D eigenvalue weighted by atomic mass is 16.5. The molecule has 0 bridgehead atoms. The molecule has 1 aliphatic heterocycles. The van der Waals surface area contributed by atoms with Crippen LogP contribution in [0.15, 0.2) is 0 Å². The molecule has 1 heterocycles. The van der Waals surface area contributed by atoms with Gasteiger partial charge in [0.25, 0.3) is 6.47 Å². The van der Waals surface area contributed by atoms with Crippen LogP contribution in [-0.4, -0.2) is 49.7 Å². The van der Waals surface area contributed by atoms with Crippen LogP contribution in [0, 0.1) is 0 Å². The SMILES string of the molecule is CC(C)N(CCOC=O)CC1CCCCN1. The van der Waals surface area contributed by atoms with Gasteiger partial charge in [-0.05, 0) is 33.2 Å². The molecular weight excluding hydrogens is 204 g/mol. The number of nitrogens with one attached hydrogen (secondary N) is 1. The van der Waals surface area contributed by atoms with Gasteiger partial charge in [0, 0.05) is 25.2 Å². The number of carbonyl (C=O) groups excluding carboxylic acids is 1. The summed E-state index contributed by atoms with van der Waals surface area (Å²) >= 11 is 0. The predicted octanol–water partition coefficient (Wildman–Crippen LogP) is 1.01. The molecule has 4 nitrogen and oxygen atoms in total. The largest absolute Gasteiger partial charge is 0.467 e. The highest BCUT2D eigenvalue weighted by Gasteiger charge is 2.18. The third-order valence-corrected chi connectivity index (χ3v) is 3.16. The van der Waals surface area contributed by atoms with Crippen LogP contribution in [0.2, 0.25) is 0 Å². The van der Waals surface area contributed by atoms with Gasteiger partial charge in [-0.2, -0.15) is 0 Å². The minimum Gasteiger partial charge on any atom is -0.467 e. The van der Waals surface area contributed by atoms with Gasteiger partial charge in [0.2, 0.25) is 0 Å². The fourth-order valence-corrected chi connectivity index (χ4v) is 2.14. The lowest BCUT2D eigenvalue weighted by molar-refractivity contribution is -0.129. The van der Waals surface area contributed by atoms with Crippen LogP contribution < -0.4 is 5.32 Å². The van der Waals surface area contributed by atoms with Crippen molar-refractivity contribution >= 4 is 6.47 Å². The Morgan fingerprint density at radius 3 is 2.88 bits per heavy atom. The molecule has 16 heavy (non-hydrogen) atoms. The zero-order chi connectivity index (χ0) is 11.8. The summed E-state index contributed by atoms with van der Waals surface area (Å²) in [4.78, 5) is 12.5.